The molecule has 6 rings (SSSR count). The van der Waals surface area contributed by atoms with Crippen LogP contribution in [-0.4, -0.2) is 17.9 Å². The van der Waals surface area contributed by atoms with Gasteiger partial charge in [-0.2, -0.15) is 0 Å². The SMILES string of the molecule is COc1ccc(CN2C(=O)c3oc4ccc(C)cc4c(=O)c3C2c2ccc(OCc3ccccc3)cc2)cc1. The Hall–Kier alpha value is -4.84. The van der Waals surface area contributed by atoms with Gasteiger partial charge < -0.3 is 18.8 Å². The molecule has 2 heterocycles. The summed E-state index contributed by atoms with van der Waals surface area (Å²) in [5.41, 5.74) is 4.33. The number of ether oxygens (including phenoxy) is 2. The molecule has 1 amide bonds. The van der Waals surface area contributed by atoms with Crippen LogP contribution in [0.2, 0.25) is 0 Å². The lowest BCUT2D eigenvalue weighted by Crippen LogP contribution is -2.29. The minimum Gasteiger partial charge on any atom is -0.497 e. The van der Waals surface area contributed by atoms with Crippen molar-refractivity contribution in [3.63, 3.8) is 0 Å². The topological polar surface area (TPSA) is 69.0 Å². The largest absolute Gasteiger partial charge is 0.497 e. The van der Waals surface area contributed by atoms with E-state index in [-0.39, 0.29) is 17.1 Å². The minimum atomic E-state index is -0.598. The molecule has 0 saturated carbocycles. The Morgan fingerprint density at radius 1 is 0.821 bits per heavy atom. The number of hydrogen-bond donors (Lipinski definition) is 0. The van der Waals surface area contributed by atoms with E-state index in [2.05, 4.69) is 0 Å². The molecule has 1 aliphatic rings. The van der Waals surface area contributed by atoms with Crippen molar-refractivity contribution in [1.29, 1.82) is 0 Å². The third-order valence-corrected chi connectivity index (χ3v) is 7.08. The van der Waals surface area contributed by atoms with E-state index in [1.54, 1.807) is 18.1 Å². The number of hydrogen-bond acceptors (Lipinski definition) is 5. The van der Waals surface area contributed by atoms with Gasteiger partial charge in [-0.05, 0) is 60.0 Å². The van der Waals surface area contributed by atoms with Crippen molar-refractivity contribution in [2.75, 3.05) is 7.11 Å². The lowest BCUT2D eigenvalue weighted by Gasteiger charge is -2.25. The van der Waals surface area contributed by atoms with Crippen LogP contribution in [0.3, 0.4) is 0 Å². The average molecular weight is 518 g/mol. The molecule has 1 aromatic heterocycles. The van der Waals surface area contributed by atoms with Gasteiger partial charge in [0.25, 0.3) is 5.91 Å². The zero-order valence-corrected chi connectivity index (χ0v) is 21.7. The highest BCUT2D eigenvalue weighted by Crippen LogP contribution is 2.39. The van der Waals surface area contributed by atoms with Crippen molar-refractivity contribution in [1.82, 2.24) is 4.90 Å². The highest BCUT2D eigenvalue weighted by Gasteiger charge is 2.42. The first-order valence-electron chi connectivity index (χ1n) is 12.8. The molecule has 0 N–H and O–H groups in total. The zero-order valence-electron chi connectivity index (χ0n) is 21.7. The zero-order chi connectivity index (χ0) is 26.9. The number of amides is 1. The number of rotatable bonds is 7. The number of benzene rings is 4. The van der Waals surface area contributed by atoms with Crippen LogP contribution < -0.4 is 14.9 Å². The maximum absolute atomic E-state index is 13.8. The molecule has 4 aromatic carbocycles. The molecular formula is C33H27NO5. The van der Waals surface area contributed by atoms with Gasteiger partial charge in [0.2, 0.25) is 5.76 Å². The molecule has 0 spiro atoms. The Bertz CT molecular complexity index is 1710. The van der Waals surface area contributed by atoms with Crippen molar-refractivity contribution in [3.05, 3.63) is 141 Å². The molecule has 0 bridgehead atoms. The molecule has 1 aliphatic heterocycles. The molecule has 6 heteroatoms. The van der Waals surface area contributed by atoms with E-state index in [1.165, 1.54) is 0 Å². The molecule has 39 heavy (non-hydrogen) atoms. The Labute approximate surface area is 226 Å². The highest BCUT2D eigenvalue weighted by atomic mass is 16.5. The first-order valence-corrected chi connectivity index (χ1v) is 12.8. The van der Waals surface area contributed by atoms with Crippen molar-refractivity contribution in [3.8, 4) is 11.5 Å². The van der Waals surface area contributed by atoms with Crippen LogP contribution >= 0.6 is 0 Å². The number of nitrogens with zero attached hydrogens (tertiary/aromatic N) is 1. The average Bonchev–Trinajstić information content (AvgIpc) is 3.24. The summed E-state index contributed by atoms with van der Waals surface area (Å²) in [6, 6.07) is 29.9. The van der Waals surface area contributed by atoms with Gasteiger partial charge in [0.15, 0.2) is 5.43 Å². The van der Waals surface area contributed by atoms with Gasteiger partial charge in [0.05, 0.1) is 24.1 Å². The van der Waals surface area contributed by atoms with Gasteiger partial charge in [0.1, 0.15) is 23.7 Å². The Morgan fingerprint density at radius 3 is 2.26 bits per heavy atom. The van der Waals surface area contributed by atoms with Crippen molar-refractivity contribution >= 4 is 16.9 Å². The van der Waals surface area contributed by atoms with Crippen LogP contribution in [-0.2, 0) is 13.2 Å². The first-order chi connectivity index (χ1) is 19.0. The normalized spacial score (nSPS) is 14.5. The van der Waals surface area contributed by atoms with Gasteiger partial charge >= 0.3 is 0 Å². The van der Waals surface area contributed by atoms with Crippen LogP contribution in [0, 0.1) is 6.92 Å². The van der Waals surface area contributed by atoms with Gasteiger partial charge in [-0.3, -0.25) is 9.59 Å². The quantitative estimate of drug-likeness (QED) is 0.249. The number of carbonyl (C=O) groups excluding carboxylic acids is 1. The molecule has 5 aromatic rings. The second kappa shape index (κ2) is 10.1. The predicted octanol–water partition coefficient (Wildman–Crippen LogP) is 6.43. The van der Waals surface area contributed by atoms with E-state index < -0.39 is 6.04 Å². The van der Waals surface area contributed by atoms with E-state index in [4.69, 9.17) is 13.9 Å². The molecule has 0 radical (unpaired) electrons. The van der Waals surface area contributed by atoms with Crippen molar-refractivity contribution < 1.29 is 18.7 Å². The summed E-state index contributed by atoms with van der Waals surface area (Å²) in [7, 11) is 1.61. The lowest BCUT2D eigenvalue weighted by molar-refractivity contribution is 0.0714. The smallest absolute Gasteiger partial charge is 0.291 e. The van der Waals surface area contributed by atoms with Crippen LogP contribution in [0.1, 0.15) is 44.4 Å². The summed E-state index contributed by atoms with van der Waals surface area (Å²) < 4.78 is 17.3. The second-order valence-corrected chi connectivity index (χ2v) is 9.70. The number of aryl methyl sites for hydroxylation is 1. The fraction of sp³-hybridized carbons (Fsp3) is 0.152. The highest BCUT2D eigenvalue weighted by molar-refractivity contribution is 5.99. The van der Waals surface area contributed by atoms with E-state index in [1.807, 2.05) is 97.9 Å². The Morgan fingerprint density at radius 2 is 1.54 bits per heavy atom. The summed E-state index contributed by atoms with van der Waals surface area (Å²) in [6.45, 7) is 2.68. The maximum Gasteiger partial charge on any atom is 0.291 e. The van der Waals surface area contributed by atoms with Crippen LogP contribution in [0.5, 0.6) is 11.5 Å². The third-order valence-electron chi connectivity index (χ3n) is 7.08. The van der Waals surface area contributed by atoms with Gasteiger partial charge in [0, 0.05) is 6.54 Å². The van der Waals surface area contributed by atoms with Gasteiger partial charge in [-0.15, -0.1) is 0 Å². The summed E-state index contributed by atoms with van der Waals surface area (Å²) in [4.78, 5) is 29.3. The van der Waals surface area contributed by atoms with E-state index >= 15 is 0 Å². The summed E-state index contributed by atoms with van der Waals surface area (Å²) in [5.74, 6) is 1.22. The summed E-state index contributed by atoms with van der Waals surface area (Å²) in [5, 5.41) is 0.473. The second-order valence-electron chi connectivity index (χ2n) is 9.70. The van der Waals surface area contributed by atoms with Crippen molar-refractivity contribution in [2.45, 2.75) is 26.1 Å². The standard InChI is InChI=1S/C33H27NO5/c1-21-8-17-28-27(18-21)31(35)29-30(24-11-15-26(16-12-24)38-20-23-6-4-3-5-7-23)34(33(36)32(29)39-28)19-22-9-13-25(37-2)14-10-22/h3-18,30H,19-20H2,1-2H3. The molecule has 0 saturated heterocycles. The summed E-state index contributed by atoms with van der Waals surface area (Å²) in [6.07, 6.45) is 0. The van der Waals surface area contributed by atoms with E-state index in [0.29, 0.717) is 35.4 Å². The minimum absolute atomic E-state index is 0.0965. The first kappa shape index (κ1) is 24.5. The number of fused-ring (bicyclic) bond motifs is 2. The molecule has 1 unspecified atom stereocenters. The molecular weight excluding hydrogens is 490 g/mol. The van der Waals surface area contributed by atoms with E-state index in [9.17, 15) is 9.59 Å². The lowest BCUT2D eigenvalue weighted by atomic mass is 9.98. The van der Waals surface area contributed by atoms with Crippen LogP contribution in [0.4, 0.5) is 0 Å². The number of methoxy groups -OCH3 is 1. The summed E-state index contributed by atoms with van der Waals surface area (Å²) >= 11 is 0. The third kappa shape index (κ3) is 4.66. The van der Waals surface area contributed by atoms with Gasteiger partial charge in [-0.1, -0.05) is 66.2 Å². The number of carbonyl (C=O) groups is 1. The Kier molecular flexibility index (Phi) is 6.37. The van der Waals surface area contributed by atoms with Crippen LogP contribution in [0.15, 0.2) is 106 Å². The fourth-order valence-corrected chi connectivity index (χ4v) is 5.06. The Balaban J connectivity index is 1.39. The maximum atomic E-state index is 13.8. The van der Waals surface area contributed by atoms with Crippen LogP contribution in [0.25, 0.3) is 11.0 Å². The fourth-order valence-electron chi connectivity index (χ4n) is 5.06. The molecule has 6 nitrogen and oxygen atoms in total. The predicted molar refractivity (Wildman–Crippen MR) is 149 cm³/mol. The molecule has 0 aliphatic carbocycles. The van der Waals surface area contributed by atoms with E-state index in [0.717, 1.165) is 28.0 Å². The monoisotopic (exact) mass is 517 g/mol. The molecule has 194 valence electrons. The van der Waals surface area contributed by atoms with Gasteiger partial charge in [-0.25, -0.2) is 0 Å². The molecule has 0 fully saturated rings. The van der Waals surface area contributed by atoms with Crippen molar-refractivity contribution in [2.24, 2.45) is 0 Å². The molecule has 1 atom stereocenters.